The van der Waals surface area contributed by atoms with Gasteiger partial charge in [0, 0.05) is 30.4 Å². The zero-order chi connectivity index (χ0) is 19.5. The minimum Gasteiger partial charge on any atom is -0.466 e. The number of hydrogen-bond acceptors (Lipinski definition) is 4. The molecule has 0 aliphatic carbocycles. The molecule has 0 aromatic heterocycles. The quantitative estimate of drug-likeness (QED) is 0.692. The van der Waals surface area contributed by atoms with Crippen LogP contribution in [0.25, 0.3) is 0 Å². The van der Waals surface area contributed by atoms with Crippen LogP contribution in [0.1, 0.15) is 61.4 Å². The Morgan fingerprint density at radius 1 is 1.11 bits per heavy atom. The number of fused-ring (bicyclic) bond motifs is 4. The topological polar surface area (TPSA) is 34.1 Å². The normalized spacial score (nSPS) is 27.8. The van der Waals surface area contributed by atoms with Gasteiger partial charge in [0.25, 0.3) is 0 Å². The third-order valence-corrected chi connectivity index (χ3v) is 6.30. The molecule has 0 amide bonds. The molecule has 0 radical (unpaired) electrons. The number of benzene rings is 2. The molecule has 0 bridgehead atoms. The summed E-state index contributed by atoms with van der Waals surface area (Å²) >= 11 is 0. The standard InChI is InChI=1S/C24H28N2O2/c1-16-9-10-17(2)19(13-16)20-14-21-18-7-5-6-8-22(18)28-24(26(21)25-20)11-12-27-23(3,4)15-24/h5-10,13,21H,11-12,14-15H2,1-4H3/t21-,24+/m1/s1. The van der Waals surface area contributed by atoms with Gasteiger partial charge in [0.2, 0.25) is 5.72 Å². The number of nitrogens with zero attached hydrogens (tertiary/aromatic N) is 2. The molecule has 3 aliphatic rings. The third-order valence-electron chi connectivity index (χ3n) is 6.30. The second-order valence-electron chi connectivity index (χ2n) is 9.05. The van der Waals surface area contributed by atoms with Gasteiger partial charge in [0.15, 0.2) is 0 Å². The Balaban J connectivity index is 1.63. The number of ether oxygens (including phenoxy) is 2. The molecule has 1 saturated heterocycles. The van der Waals surface area contributed by atoms with E-state index >= 15 is 0 Å². The van der Waals surface area contributed by atoms with Crippen molar-refractivity contribution in [3.05, 3.63) is 64.7 Å². The van der Waals surface area contributed by atoms with Crippen molar-refractivity contribution in [2.24, 2.45) is 5.10 Å². The summed E-state index contributed by atoms with van der Waals surface area (Å²) in [5.41, 5.74) is 5.53. The highest BCUT2D eigenvalue weighted by Crippen LogP contribution is 2.51. The summed E-state index contributed by atoms with van der Waals surface area (Å²) in [6.45, 7) is 9.31. The first-order chi connectivity index (χ1) is 13.4. The lowest BCUT2D eigenvalue weighted by Crippen LogP contribution is -2.60. The Morgan fingerprint density at radius 3 is 2.75 bits per heavy atom. The maximum absolute atomic E-state index is 6.69. The monoisotopic (exact) mass is 376 g/mol. The van der Waals surface area contributed by atoms with Crippen LogP contribution in [-0.4, -0.2) is 28.7 Å². The average molecular weight is 377 g/mol. The number of aryl methyl sites for hydroxylation is 2. The van der Waals surface area contributed by atoms with Gasteiger partial charge in [-0.3, -0.25) is 0 Å². The molecule has 146 valence electrons. The summed E-state index contributed by atoms with van der Waals surface area (Å²) in [5, 5.41) is 7.45. The average Bonchev–Trinajstić information content (AvgIpc) is 3.09. The van der Waals surface area contributed by atoms with Crippen LogP contribution in [0.2, 0.25) is 0 Å². The van der Waals surface area contributed by atoms with Crippen molar-refractivity contribution in [2.75, 3.05) is 6.61 Å². The molecular weight excluding hydrogens is 348 g/mol. The molecule has 2 atom stereocenters. The van der Waals surface area contributed by atoms with Gasteiger partial charge in [-0.15, -0.1) is 0 Å². The number of hydrazone groups is 1. The summed E-state index contributed by atoms with van der Waals surface area (Å²) < 4.78 is 12.7. The van der Waals surface area contributed by atoms with Crippen molar-refractivity contribution < 1.29 is 9.47 Å². The van der Waals surface area contributed by atoms with E-state index in [1.54, 1.807) is 0 Å². The molecule has 1 fully saturated rings. The van der Waals surface area contributed by atoms with Crippen LogP contribution in [0.4, 0.5) is 0 Å². The van der Waals surface area contributed by atoms with Crippen LogP contribution in [0, 0.1) is 13.8 Å². The van der Waals surface area contributed by atoms with Gasteiger partial charge < -0.3 is 9.47 Å². The number of hydrogen-bond donors (Lipinski definition) is 0. The molecule has 2 aromatic rings. The van der Waals surface area contributed by atoms with Crippen LogP contribution in [0.5, 0.6) is 5.75 Å². The zero-order valence-corrected chi connectivity index (χ0v) is 17.2. The lowest BCUT2D eigenvalue weighted by atomic mass is 9.86. The summed E-state index contributed by atoms with van der Waals surface area (Å²) in [5.74, 6) is 0.999. The van der Waals surface area contributed by atoms with E-state index in [0.717, 1.165) is 30.7 Å². The Kier molecular flexibility index (Phi) is 3.86. The first kappa shape index (κ1) is 17.7. The van der Waals surface area contributed by atoms with Gasteiger partial charge >= 0.3 is 0 Å². The zero-order valence-electron chi connectivity index (χ0n) is 17.2. The first-order valence-corrected chi connectivity index (χ1v) is 10.2. The molecule has 5 rings (SSSR count). The largest absolute Gasteiger partial charge is 0.466 e. The molecule has 4 heteroatoms. The maximum atomic E-state index is 6.69. The second-order valence-corrected chi connectivity index (χ2v) is 9.05. The molecule has 4 nitrogen and oxygen atoms in total. The summed E-state index contributed by atoms with van der Waals surface area (Å²) in [4.78, 5) is 0. The molecule has 0 unspecified atom stereocenters. The van der Waals surface area contributed by atoms with Crippen molar-refractivity contribution in [2.45, 2.75) is 64.3 Å². The lowest BCUT2D eigenvalue weighted by Gasteiger charge is -2.52. The lowest BCUT2D eigenvalue weighted by molar-refractivity contribution is -0.212. The van der Waals surface area contributed by atoms with Gasteiger partial charge in [-0.2, -0.15) is 5.10 Å². The van der Waals surface area contributed by atoms with E-state index in [0.29, 0.717) is 6.61 Å². The minimum absolute atomic E-state index is 0.216. The Bertz CT molecular complexity index is 965. The molecule has 3 heterocycles. The van der Waals surface area contributed by atoms with Crippen molar-refractivity contribution in [3.63, 3.8) is 0 Å². The Morgan fingerprint density at radius 2 is 1.93 bits per heavy atom. The van der Waals surface area contributed by atoms with Crippen molar-refractivity contribution >= 4 is 5.71 Å². The fraction of sp³-hybridized carbons (Fsp3) is 0.458. The summed E-state index contributed by atoms with van der Waals surface area (Å²) in [7, 11) is 0. The second kappa shape index (κ2) is 6.08. The van der Waals surface area contributed by atoms with Crippen LogP contribution in [0.3, 0.4) is 0 Å². The highest BCUT2D eigenvalue weighted by molar-refractivity contribution is 6.03. The molecular formula is C24H28N2O2. The van der Waals surface area contributed by atoms with Gasteiger partial charge in [-0.05, 0) is 45.4 Å². The maximum Gasteiger partial charge on any atom is 0.203 e. The SMILES string of the molecule is Cc1ccc(C)c(C2=NN3[C@H](C2)c2ccccc2O[C@]32CCOC(C)(C)C2)c1. The third kappa shape index (κ3) is 2.74. The van der Waals surface area contributed by atoms with Gasteiger partial charge in [-0.25, -0.2) is 5.01 Å². The van der Waals surface area contributed by atoms with Crippen molar-refractivity contribution in [3.8, 4) is 5.75 Å². The molecule has 0 saturated carbocycles. The van der Waals surface area contributed by atoms with Crippen LogP contribution < -0.4 is 4.74 Å². The fourth-order valence-corrected chi connectivity index (χ4v) is 5.01. The predicted molar refractivity (Wildman–Crippen MR) is 111 cm³/mol. The van der Waals surface area contributed by atoms with E-state index in [-0.39, 0.29) is 11.6 Å². The summed E-state index contributed by atoms with van der Waals surface area (Å²) in [6, 6.07) is 15.3. The molecule has 1 spiro atoms. The number of para-hydroxylation sites is 1. The van der Waals surface area contributed by atoms with E-state index < -0.39 is 5.72 Å². The van der Waals surface area contributed by atoms with E-state index in [4.69, 9.17) is 14.6 Å². The van der Waals surface area contributed by atoms with Crippen molar-refractivity contribution in [1.29, 1.82) is 0 Å². The summed E-state index contributed by atoms with van der Waals surface area (Å²) in [6.07, 6.45) is 2.53. The van der Waals surface area contributed by atoms with E-state index in [9.17, 15) is 0 Å². The van der Waals surface area contributed by atoms with E-state index in [1.807, 2.05) is 0 Å². The fourth-order valence-electron chi connectivity index (χ4n) is 5.01. The van der Waals surface area contributed by atoms with Gasteiger partial charge in [-0.1, -0.05) is 35.9 Å². The smallest absolute Gasteiger partial charge is 0.203 e. The molecule has 3 aliphatic heterocycles. The van der Waals surface area contributed by atoms with Crippen LogP contribution in [0.15, 0.2) is 47.6 Å². The van der Waals surface area contributed by atoms with Crippen molar-refractivity contribution in [1.82, 2.24) is 5.01 Å². The molecule has 28 heavy (non-hydrogen) atoms. The van der Waals surface area contributed by atoms with Gasteiger partial charge in [0.05, 0.1) is 24.0 Å². The Hall–Kier alpha value is -2.33. The Labute approximate surface area is 167 Å². The van der Waals surface area contributed by atoms with Crippen LogP contribution in [-0.2, 0) is 4.74 Å². The highest BCUT2D eigenvalue weighted by Gasteiger charge is 2.54. The number of rotatable bonds is 1. The van der Waals surface area contributed by atoms with E-state index in [2.05, 4.69) is 75.2 Å². The minimum atomic E-state index is -0.444. The molecule has 0 N–H and O–H groups in total. The molecule has 2 aromatic carbocycles. The van der Waals surface area contributed by atoms with E-state index in [1.165, 1.54) is 22.3 Å². The van der Waals surface area contributed by atoms with Gasteiger partial charge in [0.1, 0.15) is 5.75 Å². The highest BCUT2D eigenvalue weighted by atomic mass is 16.5. The first-order valence-electron chi connectivity index (χ1n) is 10.2. The predicted octanol–water partition coefficient (Wildman–Crippen LogP) is 5.13. The van der Waals surface area contributed by atoms with Crippen LogP contribution >= 0.6 is 0 Å².